The first-order valence-electron chi connectivity index (χ1n) is 6.41. The second-order valence-electron chi connectivity index (χ2n) is 4.55. The summed E-state index contributed by atoms with van der Waals surface area (Å²) in [5.41, 5.74) is 1.26. The maximum absolute atomic E-state index is 5.40. The van der Waals surface area contributed by atoms with Crippen LogP contribution >= 0.6 is 24.0 Å². The lowest BCUT2D eigenvalue weighted by atomic mass is 10.1. The molecule has 2 rings (SSSR count). The zero-order valence-electron chi connectivity index (χ0n) is 11.5. The Morgan fingerprint density at radius 1 is 1.26 bits per heavy atom. The van der Waals surface area contributed by atoms with E-state index in [4.69, 9.17) is 17.0 Å². The van der Waals surface area contributed by atoms with Crippen molar-refractivity contribution in [2.24, 2.45) is 0 Å². The van der Waals surface area contributed by atoms with Crippen molar-refractivity contribution in [2.45, 2.75) is 6.54 Å². The van der Waals surface area contributed by atoms with Gasteiger partial charge >= 0.3 is 0 Å². The van der Waals surface area contributed by atoms with Crippen LogP contribution in [0.5, 0.6) is 5.75 Å². The van der Waals surface area contributed by atoms with Gasteiger partial charge in [-0.2, -0.15) is 0 Å². The molecule has 0 radical (unpaired) electrons. The summed E-state index contributed by atoms with van der Waals surface area (Å²) in [5, 5.41) is 0. The van der Waals surface area contributed by atoms with E-state index in [0.29, 0.717) is 0 Å². The second-order valence-corrected chi connectivity index (χ2v) is 5.99. The zero-order chi connectivity index (χ0) is 13.7. The van der Waals surface area contributed by atoms with E-state index in [1.54, 1.807) is 18.9 Å². The van der Waals surface area contributed by atoms with E-state index >= 15 is 0 Å². The molecule has 0 bridgehead atoms. The molecule has 0 aromatic heterocycles. The molecule has 1 aromatic rings. The van der Waals surface area contributed by atoms with Gasteiger partial charge in [-0.3, -0.25) is 4.90 Å². The molecule has 0 aliphatic carbocycles. The van der Waals surface area contributed by atoms with Crippen molar-refractivity contribution in [1.82, 2.24) is 9.80 Å². The number of hydrogen-bond donors (Lipinski definition) is 0. The minimum absolute atomic E-state index is 0.948. The van der Waals surface area contributed by atoms with Gasteiger partial charge in [0.1, 0.15) is 10.1 Å². The first-order valence-corrected chi connectivity index (χ1v) is 8.05. The molecule has 5 heteroatoms. The summed E-state index contributed by atoms with van der Waals surface area (Å²) >= 11 is 6.99. The molecule has 1 saturated heterocycles. The SMILES string of the molecule is COc1ccccc1CN1CCN(C(=S)SC)CC1. The highest BCUT2D eigenvalue weighted by Gasteiger charge is 2.19. The molecule has 0 atom stereocenters. The van der Waals surface area contributed by atoms with Gasteiger partial charge < -0.3 is 9.64 Å². The fourth-order valence-corrected chi connectivity index (χ4v) is 2.92. The molecule has 19 heavy (non-hydrogen) atoms. The Hall–Kier alpha value is -0.780. The van der Waals surface area contributed by atoms with Crippen LogP contribution in [0.4, 0.5) is 0 Å². The van der Waals surface area contributed by atoms with E-state index in [2.05, 4.69) is 21.9 Å². The number of methoxy groups -OCH3 is 1. The lowest BCUT2D eigenvalue weighted by Gasteiger charge is -2.35. The summed E-state index contributed by atoms with van der Waals surface area (Å²) in [6, 6.07) is 8.24. The third-order valence-electron chi connectivity index (χ3n) is 3.39. The fraction of sp³-hybridized carbons (Fsp3) is 0.500. The van der Waals surface area contributed by atoms with Gasteiger partial charge in [0.2, 0.25) is 0 Å². The van der Waals surface area contributed by atoms with Gasteiger partial charge in [0, 0.05) is 38.3 Å². The highest BCUT2D eigenvalue weighted by atomic mass is 32.2. The Morgan fingerprint density at radius 2 is 1.95 bits per heavy atom. The number of benzene rings is 1. The van der Waals surface area contributed by atoms with Crippen LogP contribution in [-0.2, 0) is 6.54 Å². The van der Waals surface area contributed by atoms with Crippen molar-refractivity contribution >= 4 is 28.3 Å². The number of rotatable bonds is 3. The normalized spacial score (nSPS) is 16.4. The molecule has 0 saturated carbocycles. The molecule has 104 valence electrons. The van der Waals surface area contributed by atoms with Gasteiger partial charge in [0.15, 0.2) is 0 Å². The summed E-state index contributed by atoms with van der Waals surface area (Å²) in [5.74, 6) is 0.976. The van der Waals surface area contributed by atoms with Crippen molar-refractivity contribution < 1.29 is 4.74 Å². The Labute approximate surface area is 124 Å². The lowest BCUT2D eigenvalue weighted by Crippen LogP contribution is -2.47. The number of thioether (sulfide) groups is 1. The maximum atomic E-state index is 5.40. The van der Waals surface area contributed by atoms with Gasteiger partial charge in [0.05, 0.1) is 7.11 Å². The molecule has 3 nitrogen and oxygen atoms in total. The summed E-state index contributed by atoms with van der Waals surface area (Å²) in [6.45, 7) is 5.10. The summed E-state index contributed by atoms with van der Waals surface area (Å²) in [4.78, 5) is 4.75. The largest absolute Gasteiger partial charge is 0.496 e. The van der Waals surface area contributed by atoms with Crippen LogP contribution in [0.3, 0.4) is 0 Å². The average molecular weight is 296 g/mol. The predicted molar refractivity (Wildman–Crippen MR) is 86.0 cm³/mol. The lowest BCUT2D eigenvalue weighted by molar-refractivity contribution is 0.177. The van der Waals surface area contributed by atoms with Crippen LogP contribution in [-0.4, -0.2) is 53.7 Å². The zero-order valence-corrected chi connectivity index (χ0v) is 13.1. The molecular weight excluding hydrogens is 276 g/mol. The topological polar surface area (TPSA) is 15.7 Å². The Kier molecular flexibility index (Phi) is 5.48. The van der Waals surface area contributed by atoms with E-state index < -0.39 is 0 Å². The summed E-state index contributed by atoms with van der Waals surface area (Å²) in [7, 11) is 1.73. The van der Waals surface area contributed by atoms with Gasteiger partial charge in [-0.15, -0.1) is 11.8 Å². The molecule has 0 N–H and O–H groups in total. The molecule has 1 aliphatic rings. The smallest absolute Gasteiger partial charge is 0.136 e. The fourth-order valence-electron chi connectivity index (χ4n) is 2.29. The van der Waals surface area contributed by atoms with Crippen LogP contribution in [0.1, 0.15) is 5.56 Å². The molecule has 1 aromatic carbocycles. The minimum atomic E-state index is 0.948. The number of hydrogen-bond acceptors (Lipinski definition) is 4. The standard InChI is InChI=1S/C14H20N2OS2/c1-17-13-6-4-3-5-12(13)11-15-7-9-16(10-8-15)14(18)19-2/h3-6H,7-11H2,1-2H3. The first kappa shape index (κ1) is 14.6. The molecule has 1 aliphatic heterocycles. The van der Waals surface area contributed by atoms with Crippen molar-refractivity contribution in [3.8, 4) is 5.75 Å². The van der Waals surface area contributed by atoms with Gasteiger partial charge in [-0.1, -0.05) is 30.4 Å². The minimum Gasteiger partial charge on any atom is -0.496 e. The Morgan fingerprint density at radius 3 is 2.58 bits per heavy atom. The van der Waals surface area contributed by atoms with Gasteiger partial charge in [-0.25, -0.2) is 0 Å². The highest BCUT2D eigenvalue weighted by molar-refractivity contribution is 8.22. The maximum Gasteiger partial charge on any atom is 0.136 e. The van der Waals surface area contributed by atoms with E-state index in [9.17, 15) is 0 Å². The molecule has 1 fully saturated rings. The molecule has 0 spiro atoms. The summed E-state index contributed by atoms with van der Waals surface area (Å²) in [6.07, 6.45) is 2.05. The third-order valence-corrected chi connectivity index (χ3v) is 4.76. The number of nitrogens with zero attached hydrogens (tertiary/aromatic N) is 2. The third kappa shape index (κ3) is 3.84. The van der Waals surface area contributed by atoms with Crippen LogP contribution < -0.4 is 4.74 Å². The molecule has 1 heterocycles. The molecule has 0 amide bonds. The van der Waals surface area contributed by atoms with Crippen LogP contribution in [0.25, 0.3) is 0 Å². The number of piperazine rings is 1. The van der Waals surface area contributed by atoms with E-state index in [1.165, 1.54) is 5.56 Å². The predicted octanol–water partition coefficient (Wildman–Crippen LogP) is 2.46. The number of para-hydroxylation sites is 1. The Bertz CT molecular complexity index is 431. The van der Waals surface area contributed by atoms with Crippen molar-refractivity contribution in [1.29, 1.82) is 0 Å². The monoisotopic (exact) mass is 296 g/mol. The van der Waals surface area contributed by atoms with Gasteiger partial charge in [-0.05, 0) is 12.3 Å². The van der Waals surface area contributed by atoms with Crippen LogP contribution in [0.2, 0.25) is 0 Å². The van der Waals surface area contributed by atoms with Crippen molar-refractivity contribution in [2.75, 3.05) is 39.5 Å². The Balaban J connectivity index is 1.90. The molecule has 0 unspecified atom stereocenters. The quantitative estimate of drug-likeness (QED) is 0.794. The first-order chi connectivity index (χ1) is 9.24. The van der Waals surface area contributed by atoms with Crippen molar-refractivity contribution in [3.63, 3.8) is 0 Å². The van der Waals surface area contributed by atoms with E-state index in [-0.39, 0.29) is 0 Å². The second kappa shape index (κ2) is 7.12. The van der Waals surface area contributed by atoms with Crippen LogP contribution in [0.15, 0.2) is 24.3 Å². The molecular formula is C14H20N2OS2. The van der Waals surface area contributed by atoms with E-state index in [1.807, 2.05) is 18.4 Å². The van der Waals surface area contributed by atoms with E-state index in [0.717, 1.165) is 42.8 Å². The summed E-state index contributed by atoms with van der Waals surface area (Å²) < 4.78 is 6.41. The number of thiocarbonyl (C=S) groups is 1. The number of ether oxygens (including phenoxy) is 1. The van der Waals surface area contributed by atoms with Crippen LogP contribution in [0, 0.1) is 0 Å². The highest BCUT2D eigenvalue weighted by Crippen LogP contribution is 2.20. The average Bonchev–Trinajstić information content (AvgIpc) is 2.48. The van der Waals surface area contributed by atoms with Crippen molar-refractivity contribution in [3.05, 3.63) is 29.8 Å². The van der Waals surface area contributed by atoms with Gasteiger partial charge in [0.25, 0.3) is 0 Å².